The highest BCUT2D eigenvalue weighted by Crippen LogP contribution is 2.34. The maximum absolute atomic E-state index is 11.7. The lowest BCUT2D eigenvalue weighted by Crippen LogP contribution is -2.48. The Labute approximate surface area is 86.1 Å². The molecule has 1 saturated heterocycles. The second-order valence-corrected chi connectivity index (χ2v) is 5.46. The lowest BCUT2D eigenvalue weighted by Gasteiger charge is -2.36. The fraction of sp³-hybridized carbons (Fsp3) is 0.909. The first-order valence-corrected chi connectivity index (χ1v) is 5.25. The molecule has 2 atom stereocenters. The molecule has 1 aliphatic rings. The van der Waals surface area contributed by atoms with Crippen LogP contribution in [0.5, 0.6) is 0 Å². The van der Waals surface area contributed by atoms with Gasteiger partial charge in [0.1, 0.15) is 6.23 Å². The first kappa shape index (κ1) is 11.5. The van der Waals surface area contributed by atoms with E-state index in [0.29, 0.717) is 12.3 Å². The van der Waals surface area contributed by atoms with Gasteiger partial charge in [0.2, 0.25) is 5.91 Å². The molecule has 0 bridgehead atoms. The van der Waals surface area contributed by atoms with Gasteiger partial charge in [-0.25, -0.2) is 0 Å². The van der Waals surface area contributed by atoms with Gasteiger partial charge in [-0.2, -0.15) is 0 Å². The van der Waals surface area contributed by atoms with E-state index in [1.54, 1.807) is 4.90 Å². The van der Waals surface area contributed by atoms with Crippen molar-refractivity contribution in [1.82, 2.24) is 4.90 Å². The third-order valence-corrected chi connectivity index (χ3v) is 2.91. The van der Waals surface area contributed by atoms with Gasteiger partial charge in [0, 0.05) is 17.9 Å². The summed E-state index contributed by atoms with van der Waals surface area (Å²) in [7, 11) is 0. The zero-order chi connectivity index (χ0) is 11.1. The van der Waals surface area contributed by atoms with Crippen LogP contribution < -0.4 is 0 Å². The third kappa shape index (κ3) is 1.92. The van der Waals surface area contributed by atoms with E-state index in [1.165, 1.54) is 0 Å². The van der Waals surface area contributed by atoms with Gasteiger partial charge >= 0.3 is 0 Å². The Hall–Kier alpha value is -0.570. The van der Waals surface area contributed by atoms with Crippen LogP contribution in [0.15, 0.2) is 0 Å². The Bertz CT molecular complexity index is 230. The van der Waals surface area contributed by atoms with E-state index < -0.39 is 6.23 Å². The Morgan fingerprint density at radius 2 is 1.93 bits per heavy atom. The summed E-state index contributed by atoms with van der Waals surface area (Å²) in [6, 6.07) is 0. The van der Waals surface area contributed by atoms with Crippen molar-refractivity contribution in [3.05, 3.63) is 0 Å². The zero-order valence-corrected chi connectivity index (χ0v) is 9.74. The largest absolute Gasteiger partial charge is 0.373 e. The average Bonchev–Trinajstić information content (AvgIpc) is 2.24. The summed E-state index contributed by atoms with van der Waals surface area (Å²) >= 11 is 0. The smallest absolute Gasteiger partial charge is 0.225 e. The van der Waals surface area contributed by atoms with Gasteiger partial charge in [-0.05, 0) is 26.7 Å². The average molecular weight is 199 g/mol. The first-order chi connectivity index (χ1) is 6.25. The summed E-state index contributed by atoms with van der Waals surface area (Å²) in [6.07, 6.45) is -0.127. The molecule has 0 aromatic carbocycles. The van der Waals surface area contributed by atoms with Crippen LogP contribution in [-0.2, 0) is 4.79 Å². The monoisotopic (exact) mass is 199 g/mol. The van der Waals surface area contributed by atoms with E-state index in [1.807, 2.05) is 34.6 Å². The standard InChI is InChI=1S/C11H21NO2/c1-7(2)8-6-9(13)12(10(8)14)11(3,4)5/h7-8,10,14H,6H2,1-5H3. The molecule has 82 valence electrons. The van der Waals surface area contributed by atoms with Crippen LogP contribution in [0, 0.1) is 11.8 Å². The van der Waals surface area contributed by atoms with E-state index in [0.717, 1.165) is 0 Å². The highest BCUT2D eigenvalue weighted by molar-refractivity contribution is 5.79. The predicted octanol–water partition coefficient (Wildman–Crippen LogP) is 1.61. The SMILES string of the molecule is CC(C)C1CC(=O)N(C(C)(C)C)C1O. The molecule has 3 heteroatoms. The van der Waals surface area contributed by atoms with Crippen molar-refractivity contribution in [3.63, 3.8) is 0 Å². The number of carbonyl (C=O) groups is 1. The molecule has 0 radical (unpaired) electrons. The molecule has 1 rings (SSSR count). The number of nitrogens with zero attached hydrogens (tertiary/aromatic N) is 1. The van der Waals surface area contributed by atoms with E-state index in [2.05, 4.69) is 0 Å². The Morgan fingerprint density at radius 1 is 1.43 bits per heavy atom. The van der Waals surface area contributed by atoms with Crippen molar-refractivity contribution in [3.8, 4) is 0 Å². The molecule has 0 saturated carbocycles. The van der Waals surface area contributed by atoms with Crippen LogP contribution in [0.2, 0.25) is 0 Å². The maximum Gasteiger partial charge on any atom is 0.225 e. The molecule has 1 fully saturated rings. The van der Waals surface area contributed by atoms with Crippen LogP contribution in [0.4, 0.5) is 0 Å². The van der Waals surface area contributed by atoms with Gasteiger partial charge in [0.25, 0.3) is 0 Å². The lowest BCUT2D eigenvalue weighted by molar-refractivity contribution is -0.141. The number of hydrogen-bond acceptors (Lipinski definition) is 2. The number of likely N-dealkylation sites (tertiary alicyclic amines) is 1. The number of amides is 1. The van der Waals surface area contributed by atoms with Crippen LogP contribution >= 0.6 is 0 Å². The van der Waals surface area contributed by atoms with E-state index in [4.69, 9.17) is 0 Å². The molecule has 0 aromatic heterocycles. The molecular formula is C11H21NO2. The summed E-state index contributed by atoms with van der Waals surface area (Å²) in [4.78, 5) is 13.3. The second-order valence-electron chi connectivity index (χ2n) is 5.46. The van der Waals surface area contributed by atoms with Gasteiger partial charge in [-0.3, -0.25) is 4.79 Å². The van der Waals surface area contributed by atoms with Crippen molar-refractivity contribution >= 4 is 5.91 Å². The van der Waals surface area contributed by atoms with Crippen molar-refractivity contribution < 1.29 is 9.90 Å². The van der Waals surface area contributed by atoms with Gasteiger partial charge in [-0.1, -0.05) is 13.8 Å². The fourth-order valence-corrected chi connectivity index (χ4v) is 2.10. The molecule has 0 aromatic rings. The van der Waals surface area contributed by atoms with E-state index in [9.17, 15) is 9.90 Å². The minimum Gasteiger partial charge on any atom is -0.373 e. The highest BCUT2D eigenvalue weighted by atomic mass is 16.3. The normalized spacial score (nSPS) is 29.1. The zero-order valence-electron chi connectivity index (χ0n) is 9.74. The molecule has 1 amide bonds. The molecule has 1 aliphatic heterocycles. The molecule has 0 spiro atoms. The third-order valence-electron chi connectivity index (χ3n) is 2.91. The second kappa shape index (κ2) is 3.54. The topological polar surface area (TPSA) is 40.5 Å². The molecule has 1 N–H and O–H groups in total. The number of hydrogen-bond donors (Lipinski definition) is 1. The predicted molar refractivity (Wildman–Crippen MR) is 55.6 cm³/mol. The minimum atomic E-state index is -0.609. The van der Waals surface area contributed by atoms with Crippen LogP contribution in [-0.4, -0.2) is 27.7 Å². The molecule has 2 unspecified atom stereocenters. The van der Waals surface area contributed by atoms with Gasteiger partial charge in [0.05, 0.1) is 0 Å². The van der Waals surface area contributed by atoms with E-state index in [-0.39, 0.29) is 17.4 Å². The van der Waals surface area contributed by atoms with Gasteiger partial charge in [0.15, 0.2) is 0 Å². The highest BCUT2D eigenvalue weighted by Gasteiger charge is 2.44. The summed E-state index contributed by atoms with van der Waals surface area (Å²) in [5, 5.41) is 10.0. The Kier molecular flexibility index (Phi) is 2.91. The summed E-state index contributed by atoms with van der Waals surface area (Å²) in [5.41, 5.74) is -0.278. The van der Waals surface area contributed by atoms with Crippen LogP contribution in [0.3, 0.4) is 0 Å². The van der Waals surface area contributed by atoms with Gasteiger partial charge < -0.3 is 10.0 Å². The van der Waals surface area contributed by atoms with Crippen molar-refractivity contribution in [2.24, 2.45) is 11.8 Å². The number of aliphatic hydroxyl groups is 1. The summed E-state index contributed by atoms with van der Waals surface area (Å²) in [5.74, 6) is 0.506. The van der Waals surface area contributed by atoms with E-state index >= 15 is 0 Å². The summed E-state index contributed by atoms with van der Waals surface area (Å²) in [6.45, 7) is 9.96. The summed E-state index contributed by atoms with van der Waals surface area (Å²) < 4.78 is 0. The van der Waals surface area contributed by atoms with Crippen LogP contribution in [0.1, 0.15) is 41.0 Å². The molecule has 3 nitrogen and oxygen atoms in total. The van der Waals surface area contributed by atoms with Crippen molar-refractivity contribution in [1.29, 1.82) is 0 Å². The Morgan fingerprint density at radius 3 is 2.14 bits per heavy atom. The number of carbonyl (C=O) groups excluding carboxylic acids is 1. The number of rotatable bonds is 1. The van der Waals surface area contributed by atoms with Gasteiger partial charge in [-0.15, -0.1) is 0 Å². The molecule has 14 heavy (non-hydrogen) atoms. The lowest BCUT2D eigenvalue weighted by atomic mass is 9.93. The van der Waals surface area contributed by atoms with Crippen molar-refractivity contribution in [2.75, 3.05) is 0 Å². The Balaban J connectivity index is 2.86. The first-order valence-electron chi connectivity index (χ1n) is 5.25. The fourth-order valence-electron chi connectivity index (χ4n) is 2.10. The molecule has 1 heterocycles. The van der Waals surface area contributed by atoms with Crippen LogP contribution in [0.25, 0.3) is 0 Å². The molecular weight excluding hydrogens is 178 g/mol. The molecule has 0 aliphatic carbocycles. The van der Waals surface area contributed by atoms with Crippen molar-refractivity contribution in [2.45, 2.75) is 52.8 Å². The quantitative estimate of drug-likeness (QED) is 0.697. The number of aliphatic hydroxyl groups excluding tert-OH is 1. The maximum atomic E-state index is 11.7. The minimum absolute atomic E-state index is 0.0729.